The highest BCUT2D eigenvalue weighted by Crippen LogP contribution is 2.55. The summed E-state index contributed by atoms with van der Waals surface area (Å²) < 4.78 is 4.79. The van der Waals surface area contributed by atoms with Gasteiger partial charge in [-0.25, -0.2) is 4.79 Å². The number of aliphatic imine (C=N–C) groups is 1. The fourth-order valence-corrected chi connectivity index (χ4v) is 3.40. The van der Waals surface area contributed by atoms with Crippen LogP contribution in [-0.2, 0) is 28.7 Å². The van der Waals surface area contributed by atoms with Gasteiger partial charge in [-0.15, -0.1) is 0 Å². The molecular weight excluding hydrogens is 370 g/mol. The maximum atomic E-state index is 12.3. The summed E-state index contributed by atoms with van der Waals surface area (Å²) in [5, 5.41) is 53.2. The molecular formula is C15H19NO11. The first-order chi connectivity index (χ1) is 12.1. The van der Waals surface area contributed by atoms with Crippen molar-refractivity contribution in [2.24, 2.45) is 4.99 Å². The molecule has 12 heteroatoms. The normalized spacial score (nSPS) is 41.4. The number of Topliss-reactive ketones (excluding diaryl/α,β-unsaturated/α-hetero) is 4. The van der Waals surface area contributed by atoms with E-state index in [4.69, 9.17) is 4.74 Å². The molecule has 12 nitrogen and oxygen atoms in total. The minimum atomic E-state index is -3.97. The Morgan fingerprint density at radius 2 is 1.22 bits per heavy atom. The second kappa shape index (κ2) is 6.46. The Labute approximate surface area is 152 Å². The van der Waals surface area contributed by atoms with Gasteiger partial charge in [0.05, 0.1) is 6.61 Å². The highest BCUT2D eigenvalue weighted by molar-refractivity contribution is 6.09. The predicted molar refractivity (Wildman–Crippen MR) is 81.5 cm³/mol. The quantitative estimate of drug-likeness (QED) is 0.220. The van der Waals surface area contributed by atoms with Crippen molar-refractivity contribution in [3.8, 4) is 0 Å². The minimum Gasteiger partial charge on any atom is -0.391 e. The van der Waals surface area contributed by atoms with E-state index in [2.05, 4.69) is 4.99 Å². The smallest absolute Gasteiger partial charge is 0.269 e. The number of ether oxygens (including phenoxy) is 1. The van der Waals surface area contributed by atoms with Gasteiger partial charge in [0.1, 0.15) is 0 Å². The number of ketones is 4. The standard InChI is InChI=1S/C15H19NO11/c1-7(19)12(23)11(5-17,16-6-18)27-15(26,10(4)22)14(25,9(3)21)13(12,24)8(2)20/h17,23-26H,5H2,1-4H3/t11-,12-,13+,14+,15?/m1/s1. The van der Waals surface area contributed by atoms with Crippen molar-refractivity contribution < 1.29 is 54.2 Å². The number of isocyanates is 1. The topological polar surface area (TPSA) is 208 Å². The molecule has 1 heterocycles. The number of aliphatic hydroxyl groups is 5. The van der Waals surface area contributed by atoms with E-state index in [-0.39, 0.29) is 0 Å². The second-order valence-corrected chi connectivity index (χ2v) is 6.25. The summed E-state index contributed by atoms with van der Waals surface area (Å²) in [7, 11) is 0. The summed E-state index contributed by atoms with van der Waals surface area (Å²) in [6.45, 7) is 0.513. The zero-order chi connectivity index (χ0) is 21.6. The van der Waals surface area contributed by atoms with Crippen LogP contribution in [-0.4, -0.2) is 89.7 Å². The maximum Gasteiger partial charge on any atom is 0.269 e. The van der Waals surface area contributed by atoms with Crippen molar-refractivity contribution in [2.75, 3.05) is 6.61 Å². The molecule has 0 spiro atoms. The molecule has 5 N–H and O–H groups in total. The number of rotatable bonds is 6. The third-order valence-corrected chi connectivity index (χ3v) is 4.87. The molecule has 0 radical (unpaired) electrons. The van der Waals surface area contributed by atoms with Crippen LogP contribution in [0.5, 0.6) is 0 Å². The molecule has 1 saturated heterocycles. The fraction of sp³-hybridized carbons (Fsp3) is 0.667. The first-order valence-electron chi connectivity index (χ1n) is 7.44. The zero-order valence-corrected chi connectivity index (χ0v) is 14.8. The largest absolute Gasteiger partial charge is 0.391 e. The first-order valence-corrected chi connectivity index (χ1v) is 7.44. The lowest BCUT2D eigenvalue weighted by Gasteiger charge is -2.62. The molecule has 5 atom stereocenters. The first kappa shape index (κ1) is 22.9. The number of carbonyl (C=O) groups is 4. The van der Waals surface area contributed by atoms with Crippen molar-refractivity contribution in [3.63, 3.8) is 0 Å². The van der Waals surface area contributed by atoms with E-state index in [9.17, 15) is 49.5 Å². The van der Waals surface area contributed by atoms with Gasteiger partial charge in [-0.05, 0) is 20.8 Å². The summed E-state index contributed by atoms with van der Waals surface area (Å²) in [6, 6.07) is 0. The molecule has 0 bridgehead atoms. The molecule has 1 unspecified atom stereocenters. The average Bonchev–Trinajstić information content (AvgIpc) is 2.56. The lowest BCUT2D eigenvalue weighted by Crippen LogP contribution is -2.93. The molecule has 150 valence electrons. The molecule has 1 rings (SSSR count). The fourth-order valence-electron chi connectivity index (χ4n) is 3.40. The monoisotopic (exact) mass is 389 g/mol. The Morgan fingerprint density at radius 1 is 0.815 bits per heavy atom. The minimum absolute atomic E-state index is 0.514. The van der Waals surface area contributed by atoms with Gasteiger partial charge in [0.2, 0.25) is 28.6 Å². The number of nitrogens with zero attached hydrogens (tertiary/aromatic N) is 1. The molecule has 27 heavy (non-hydrogen) atoms. The Hall–Kier alpha value is -2.18. The Bertz CT molecular complexity index is 774. The molecule has 0 saturated carbocycles. The van der Waals surface area contributed by atoms with Crippen LogP contribution in [0.25, 0.3) is 0 Å². The third kappa shape index (κ3) is 2.26. The van der Waals surface area contributed by atoms with E-state index in [1.807, 2.05) is 0 Å². The van der Waals surface area contributed by atoms with Gasteiger partial charge < -0.3 is 30.3 Å². The predicted octanol–water partition coefficient (Wildman–Crippen LogP) is -3.72. The third-order valence-electron chi connectivity index (χ3n) is 4.87. The second-order valence-electron chi connectivity index (χ2n) is 6.25. The van der Waals surface area contributed by atoms with Gasteiger partial charge in [-0.2, -0.15) is 4.99 Å². The Kier molecular flexibility index (Phi) is 5.47. The molecule has 0 amide bonds. The van der Waals surface area contributed by atoms with Crippen LogP contribution in [0.3, 0.4) is 0 Å². The van der Waals surface area contributed by atoms with E-state index in [1.54, 1.807) is 0 Å². The van der Waals surface area contributed by atoms with Crippen molar-refractivity contribution in [1.29, 1.82) is 0 Å². The van der Waals surface area contributed by atoms with Gasteiger partial charge >= 0.3 is 0 Å². The van der Waals surface area contributed by atoms with E-state index in [0.717, 1.165) is 6.08 Å². The lowest BCUT2D eigenvalue weighted by atomic mass is 9.56. The molecule has 0 aromatic carbocycles. The molecule has 1 fully saturated rings. The summed E-state index contributed by atoms with van der Waals surface area (Å²) in [5.74, 6) is -10.3. The summed E-state index contributed by atoms with van der Waals surface area (Å²) >= 11 is 0. The summed E-state index contributed by atoms with van der Waals surface area (Å²) in [6.07, 6.45) is 0.816. The molecule has 1 aliphatic rings. The van der Waals surface area contributed by atoms with Crippen molar-refractivity contribution in [2.45, 2.75) is 56.0 Å². The van der Waals surface area contributed by atoms with Crippen molar-refractivity contribution in [3.05, 3.63) is 0 Å². The van der Waals surface area contributed by atoms with Crippen molar-refractivity contribution >= 4 is 29.2 Å². The van der Waals surface area contributed by atoms with E-state index in [1.165, 1.54) is 0 Å². The SMILES string of the molecule is CC(=O)C1(O)O[C@@](CO)(N=C=O)[C@](O)(C(C)=O)[C@@](O)(C(C)=O)[C@@]1(O)C(C)=O. The van der Waals surface area contributed by atoms with Crippen LogP contribution in [0.4, 0.5) is 0 Å². The van der Waals surface area contributed by atoms with Crippen LogP contribution >= 0.6 is 0 Å². The molecule has 0 aliphatic carbocycles. The van der Waals surface area contributed by atoms with Crippen LogP contribution in [0.2, 0.25) is 0 Å². The van der Waals surface area contributed by atoms with Crippen molar-refractivity contribution in [1.82, 2.24) is 0 Å². The maximum absolute atomic E-state index is 12.3. The lowest BCUT2D eigenvalue weighted by molar-refractivity contribution is -0.418. The van der Waals surface area contributed by atoms with E-state index < -0.39 is 58.1 Å². The molecule has 1 aliphatic heterocycles. The van der Waals surface area contributed by atoms with E-state index in [0.29, 0.717) is 27.7 Å². The highest BCUT2D eigenvalue weighted by atomic mass is 16.7. The van der Waals surface area contributed by atoms with Crippen LogP contribution in [0.1, 0.15) is 27.7 Å². The van der Waals surface area contributed by atoms with Gasteiger partial charge in [0, 0.05) is 6.92 Å². The highest BCUT2D eigenvalue weighted by Gasteiger charge is 2.88. The van der Waals surface area contributed by atoms with Gasteiger partial charge in [-0.3, -0.25) is 19.2 Å². The Balaban J connectivity index is 4.35. The molecule has 0 aromatic heterocycles. The van der Waals surface area contributed by atoms with Crippen LogP contribution < -0.4 is 0 Å². The molecule has 0 aromatic rings. The average molecular weight is 389 g/mol. The summed E-state index contributed by atoms with van der Waals surface area (Å²) in [4.78, 5) is 62.5. The summed E-state index contributed by atoms with van der Waals surface area (Å²) in [5.41, 5.74) is -15.1. The van der Waals surface area contributed by atoms with Crippen LogP contribution in [0, 0.1) is 0 Å². The zero-order valence-electron chi connectivity index (χ0n) is 14.8. The van der Waals surface area contributed by atoms with Gasteiger partial charge in [0.15, 0.2) is 23.1 Å². The van der Waals surface area contributed by atoms with E-state index >= 15 is 0 Å². The number of hydrogen-bond acceptors (Lipinski definition) is 12. The number of aliphatic hydroxyl groups excluding tert-OH is 1. The Morgan fingerprint density at radius 3 is 1.48 bits per heavy atom. The van der Waals surface area contributed by atoms with Gasteiger partial charge in [-0.1, -0.05) is 0 Å². The number of hydrogen-bond donors (Lipinski definition) is 5. The van der Waals surface area contributed by atoms with Gasteiger partial charge in [0.25, 0.3) is 5.79 Å². The number of carbonyl (C=O) groups excluding carboxylic acids is 5. The van der Waals surface area contributed by atoms with Crippen LogP contribution in [0.15, 0.2) is 4.99 Å².